The summed E-state index contributed by atoms with van der Waals surface area (Å²) in [4.78, 5) is 11.9. The maximum absolute atomic E-state index is 11.9. The van der Waals surface area contributed by atoms with E-state index in [-0.39, 0.29) is 24.8 Å². The standard InChI is InChI=1S/C11H18O4/c1-2-14-10(13)11-5-3-4-9(11)15-8(6-11)7-12/h8-9,12H,2-7H2,1H3/t8-,9+,11-/m1/s1. The third-order valence-corrected chi connectivity index (χ3v) is 3.54. The van der Waals surface area contributed by atoms with Gasteiger partial charge in [-0.2, -0.15) is 0 Å². The van der Waals surface area contributed by atoms with E-state index in [9.17, 15) is 4.79 Å². The molecule has 0 aromatic carbocycles. The molecule has 0 amide bonds. The molecule has 1 heterocycles. The van der Waals surface area contributed by atoms with Crippen LogP contribution in [-0.2, 0) is 14.3 Å². The van der Waals surface area contributed by atoms with Crippen LogP contribution in [0, 0.1) is 5.41 Å². The summed E-state index contributed by atoms with van der Waals surface area (Å²) in [6, 6.07) is 0. The Morgan fingerprint density at radius 1 is 1.67 bits per heavy atom. The molecule has 4 nitrogen and oxygen atoms in total. The summed E-state index contributed by atoms with van der Waals surface area (Å²) in [5.41, 5.74) is -0.455. The number of carbonyl (C=O) groups is 1. The summed E-state index contributed by atoms with van der Waals surface area (Å²) in [7, 11) is 0. The summed E-state index contributed by atoms with van der Waals surface area (Å²) in [6.07, 6.45) is 3.17. The molecule has 0 radical (unpaired) electrons. The average Bonchev–Trinajstić information content (AvgIpc) is 2.73. The fourth-order valence-electron chi connectivity index (χ4n) is 2.86. The first-order valence-electron chi connectivity index (χ1n) is 5.66. The molecule has 3 atom stereocenters. The smallest absolute Gasteiger partial charge is 0.314 e. The maximum Gasteiger partial charge on any atom is 0.314 e. The molecule has 0 spiro atoms. The van der Waals surface area contributed by atoms with Gasteiger partial charge in [-0.25, -0.2) is 0 Å². The van der Waals surface area contributed by atoms with Gasteiger partial charge in [0.2, 0.25) is 0 Å². The lowest BCUT2D eigenvalue weighted by Gasteiger charge is -2.24. The second-order valence-electron chi connectivity index (χ2n) is 4.40. The molecule has 1 saturated heterocycles. The van der Waals surface area contributed by atoms with E-state index in [1.165, 1.54) is 0 Å². The first kappa shape index (κ1) is 10.9. The van der Waals surface area contributed by atoms with Gasteiger partial charge < -0.3 is 14.6 Å². The maximum atomic E-state index is 11.9. The predicted octanol–water partition coefficient (Wildman–Crippen LogP) is 0.870. The Labute approximate surface area is 89.6 Å². The van der Waals surface area contributed by atoms with Gasteiger partial charge in [0.1, 0.15) is 0 Å². The fraction of sp³-hybridized carbons (Fsp3) is 0.909. The van der Waals surface area contributed by atoms with Gasteiger partial charge in [-0.15, -0.1) is 0 Å². The number of fused-ring (bicyclic) bond motifs is 1. The quantitative estimate of drug-likeness (QED) is 0.708. The van der Waals surface area contributed by atoms with Crippen LogP contribution in [0.25, 0.3) is 0 Å². The molecule has 4 heteroatoms. The van der Waals surface area contributed by atoms with E-state index >= 15 is 0 Å². The van der Waals surface area contributed by atoms with E-state index in [4.69, 9.17) is 14.6 Å². The highest BCUT2D eigenvalue weighted by atomic mass is 16.5. The van der Waals surface area contributed by atoms with Crippen molar-refractivity contribution in [2.45, 2.75) is 44.8 Å². The number of carbonyl (C=O) groups excluding carboxylic acids is 1. The van der Waals surface area contributed by atoms with Crippen LogP contribution in [0.4, 0.5) is 0 Å². The molecule has 2 fully saturated rings. The van der Waals surface area contributed by atoms with Crippen LogP contribution in [0.3, 0.4) is 0 Å². The number of aliphatic hydroxyl groups is 1. The number of rotatable bonds is 3. The number of hydrogen-bond acceptors (Lipinski definition) is 4. The van der Waals surface area contributed by atoms with Gasteiger partial charge in [0.05, 0.1) is 30.8 Å². The average molecular weight is 214 g/mol. The third-order valence-electron chi connectivity index (χ3n) is 3.54. The molecular weight excluding hydrogens is 196 g/mol. The molecule has 2 rings (SSSR count). The van der Waals surface area contributed by atoms with Crippen LogP contribution in [0.5, 0.6) is 0 Å². The lowest BCUT2D eigenvalue weighted by atomic mass is 9.81. The molecule has 2 aliphatic rings. The Morgan fingerprint density at radius 2 is 2.47 bits per heavy atom. The van der Waals surface area contributed by atoms with Crippen LogP contribution < -0.4 is 0 Å². The number of aliphatic hydroxyl groups excluding tert-OH is 1. The van der Waals surface area contributed by atoms with Gasteiger partial charge in [0, 0.05) is 0 Å². The molecule has 0 aromatic rings. The highest BCUT2D eigenvalue weighted by Crippen LogP contribution is 2.50. The molecule has 86 valence electrons. The first-order valence-corrected chi connectivity index (χ1v) is 5.66. The highest BCUT2D eigenvalue weighted by molar-refractivity contribution is 5.78. The Balaban J connectivity index is 2.13. The Bertz CT molecular complexity index is 253. The minimum Gasteiger partial charge on any atom is -0.465 e. The lowest BCUT2D eigenvalue weighted by molar-refractivity contribution is -0.157. The van der Waals surface area contributed by atoms with E-state index in [0.717, 1.165) is 19.3 Å². The molecule has 15 heavy (non-hydrogen) atoms. The van der Waals surface area contributed by atoms with E-state index in [1.807, 2.05) is 6.92 Å². The van der Waals surface area contributed by atoms with Crippen molar-refractivity contribution in [3.05, 3.63) is 0 Å². The highest BCUT2D eigenvalue weighted by Gasteiger charge is 2.57. The van der Waals surface area contributed by atoms with Crippen LogP contribution in [0.2, 0.25) is 0 Å². The van der Waals surface area contributed by atoms with Crippen LogP contribution in [0.1, 0.15) is 32.6 Å². The van der Waals surface area contributed by atoms with Crippen molar-refractivity contribution in [1.29, 1.82) is 0 Å². The van der Waals surface area contributed by atoms with Crippen molar-refractivity contribution in [3.8, 4) is 0 Å². The largest absolute Gasteiger partial charge is 0.465 e. The molecule has 1 N–H and O–H groups in total. The fourth-order valence-corrected chi connectivity index (χ4v) is 2.86. The molecule has 1 aliphatic heterocycles. The SMILES string of the molecule is CCOC(=O)[C@@]12CCC[C@@H]1O[C@@H](CO)C2. The van der Waals surface area contributed by atoms with E-state index in [0.29, 0.717) is 13.0 Å². The Hall–Kier alpha value is -0.610. The number of esters is 1. The molecule has 1 saturated carbocycles. The molecular formula is C11H18O4. The summed E-state index contributed by atoms with van der Waals surface area (Å²) in [5, 5.41) is 9.07. The van der Waals surface area contributed by atoms with E-state index < -0.39 is 5.41 Å². The molecule has 0 aromatic heterocycles. The zero-order chi connectivity index (χ0) is 10.9. The topological polar surface area (TPSA) is 55.8 Å². The second-order valence-corrected chi connectivity index (χ2v) is 4.40. The lowest BCUT2D eigenvalue weighted by Crippen LogP contribution is -2.36. The number of ether oxygens (including phenoxy) is 2. The van der Waals surface area contributed by atoms with Gasteiger partial charge >= 0.3 is 5.97 Å². The van der Waals surface area contributed by atoms with Crippen LogP contribution in [-0.4, -0.2) is 36.5 Å². The van der Waals surface area contributed by atoms with E-state index in [2.05, 4.69) is 0 Å². The summed E-state index contributed by atoms with van der Waals surface area (Å²) >= 11 is 0. The van der Waals surface area contributed by atoms with E-state index in [1.54, 1.807) is 0 Å². The Morgan fingerprint density at radius 3 is 3.13 bits per heavy atom. The summed E-state index contributed by atoms with van der Waals surface area (Å²) in [6.45, 7) is 2.23. The van der Waals surface area contributed by atoms with Crippen molar-refractivity contribution in [2.24, 2.45) is 5.41 Å². The van der Waals surface area contributed by atoms with Gasteiger partial charge in [0.25, 0.3) is 0 Å². The minimum absolute atomic E-state index is 0.00233. The van der Waals surface area contributed by atoms with Crippen molar-refractivity contribution in [2.75, 3.05) is 13.2 Å². The van der Waals surface area contributed by atoms with Crippen LogP contribution in [0.15, 0.2) is 0 Å². The summed E-state index contributed by atoms with van der Waals surface area (Å²) < 4.78 is 10.8. The van der Waals surface area contributed by atoms with Crippen LogP contribution >= 0.6 is 0 Å². The third kappa shape index (κ3) is 1.66. The zero-order valence-electron chi connectivity index (χ0n) is 9.07. The van der Waals surface area contributed by atoms with Crippen molar-refractivity contribution in [3.63, 3.8) is 0 Å². The Kier molecular flexibility index (Phi) is 2.98. The van der Waals surface area contributed by atoms with Crippen molar-refractivity contribution >= 4 is 5.97 Å². The van der Waals surface area contributed by atoms with Gasteiger partial charge in [-0.3, -0.25) is 4.79 Å². The first-order chi connectivity index (χ1) is 7.23. The van der Waals surface area contributed by atoms with Gasteiger partial charge in [-0.1, -0.05) is 0 Å². The number of hydrogen-bond donors (Lipinski definition) is 1. The zero-order valence-corrected chi connectivity index (χ0v) is 9.07. The van der Waals surface area contributed by atoms with Crippen molar-refractivity contribution < 1.29 is 19.4 Å². The minimum atomic E-state index is -0.455. The normalized spacial score (nSPS) is 39.1. The molecule has 1 aliphatic carbocycles. The summed E-state index contributed by atoms with van der Waals surface area (Å²) in [5.74, 6) is -0.136. The molecule has 0 unspecified atom stereocenters. The predicted molar refractivity (Wildman–Crippen MR) is 53.3 cm³/mol. The van der Waals surface area contributed by atoms with Gasteiger partial charge in [0.15, 0.2) is 0 Å². The molecule has 0 bridgehead atoms. The van der Waals surface area contributed by atoms with Gasteiger partial charge in [-0.05, 0) is 32.6 Å². The monoisotopic (exact) mass is 214 g/mol. The second kappa shape index (κ2) is 4.10. The van der Waals surface area contributed by atoms with Crippen molar-refractivity contribution in [1.82, 2.24) is 0 Å².